The van der Waals surface area contributed by atoms with E-state index in [1.807, 2.05) is 21.1 Å². The molecule has 75 heavy (non-hydrogen) atoms. The first kappa shape index (κ1) is 72.7. The van der Waals surface area contributed by atoms with E-state index in [0.29, 0.717) is 23.9 Å². The zero-order valence-electron chi connectivity index (χ0n) is 49.8. The Balaban J connectivity index is 4.11. The highest BCUT2D eigenvalue weighted by Crippen LogP contribution is 2.43. The molecule has 0 fully saturated rings. The molecule has 0 aromatic rings. The molecule has 2 unspecified atom stereocenters. The molecule has 0 radical (unpaired) electrons. The van der Waals surface area contributed by atoms with Gasteiger partial charge in [0.2, 0.25) is 0 Å². The number of rotatable bonds is 58. The van der Waals surface area contributed by atoms with E-state index in [9.17, 15) is 19.0 Å². The Labute approximate surface area is 464 Å². The highest BCUT2D eigenvalue weighted by Gasteiger charge is 2.27. The van der Waals surface area contributed by atoms with Crippen molar-refractivity contribution in [3.63, 3.8) is 0 Å². The molecule has 0 rings (SSSR count). The fourth-order valence-corrected chi connectivity index (χ4v) is 9.73. The highest BCUT2D eigenvalue weighted by molar-refractivity contribution is 7.47. The molecule has 1 N–H and O–H groups in total. The van der Waals surface area contributed by atoms with Crippen LogP contribution in [0.3, 0.4) is 0 Å². The van der Waals surface area contributed by atoms with Crippen molar-refractivity contribution in [2.45, 2.75) is 296 Å². The molecule has 0 bridgehead atoms. The molecule has 2 atom stereocenters. The second-order valence-corrected chi connectivity index (χ2v) is 23.9. The van der Waals surface area contributed by atoms with Gasteiger partial charge in [0.25, 0.3) is 0 Å². The number of hydrogen-bond acceptors (Lipinski definition) is 7. The number of unbranched alkanes of at least 4 members (excludes halogenated alkanes) is 34. The number of likely N-dealkylation sites (N-methyl/N-ethyl adjacent to an activating group) is 1. The van der Waals surface area contributed by atoms with Gasteiger partial charge < -0.3 is 18.9 Å². The van der Waals surface area contributed by atoms with Crippen molar-refractivity contribution in [3.05, 3.63) is 60.8 Å². The third-order valence-electron chi connectivity index (χ3n) is 13.8. The minimum atomic E-state index is -4.39. The summed E-state index contributed by atoms with van der Waals surface area (Å²) in [6.45, 7) is 4.36. The quantitative estimate of drug-likeness (QED) is 0.0211. The molecule has 0 aromatic heterocycles. The summed E-state index contributed by atoms with van der Waals surface area (Å²) < 4.78 is 34.6. The summed E-state index contributed by atoms with van der Waals surface area (Å²) >= 11 is 0. The van der Waals surface area contributed by atoms with Crippen LogP contribution in [0.4, 0.5) is 0 Å². The number of carbonyl (C=O) groups excluding carboxylic acids is 2. The van der Waals surface area contributed by atoms with E-state index in [2.05, 4.69) is 74.6 Å². The van der Waals surface area contributed by atoms with Gasteiger partial charge in [-0.15, -0.1) is 0 Å². The van der Waals surface area contributed by atoms with Gasteiger partial charge in [-0.3, -0.25) is 18.6 Å². The molecule has 0 heterocycles. The Morgan fingerprint density at radius 2 is 0.760 bits per heavy atom. The van der Waals surface area contributed by atoms with Gasteiger partial charge in [0.1, 0.15) is 19.8 Å². The van der Waals surface area contributed by atoms with Crippen molar-refractivity contribution >= 4 is 19.8 Å². The molecule has 438 valence electrons. The van der Waals surface area contributed by atoms with Gasteiger partial charge in [-0.1, -0.05) is 280 Å². The maximum absolute atomic E-state index is 12.8. The van der Waals surface area contributed by atoms with E-state index >= 15 is 0 Å². The lowest BCUT2D eigenvalue weighted by atomic mass is 10.0. The predicted octanol–water partition coefficient (Wildman–Crippen LogP) is 19.9. The summed E-state index contributed by atoms with van der Waals surface area (Å²) in [7, 11) is 1.48. The van der Waals surface area contributed by atoms with Gasteiger partial charge in [-0.2, -0.15) is 0 Å². The summed E-state index contributed by atoms with van der Waals surface area (Å²) in [5, 5.41) is 0. The Morgan fingerprint density at radius 3 is 1.13 bits per heavy atom. The van der Waals surface area contributed by atoms with Gasteiger partial charge in [0.05, 0.1) is 27.7 Å². The number of allylic oxidation sites excluding steroid dienone is 10. The number of phosphoric ester groups is 1. The molecule has 0 aliphatic carbocycles. The molecular formula is C65H121NO8P+. The predicted molar refractivity (Wildman–Crippen MR) is 321 cm³/mol. The van der Waals surface area contributed by atoms with Gasteiger partial charge in [0.15, 0.2) is 6.10 Å². The van der Waals surface area contributed by atoms with E-state index in [1.54, 1.807) is 0 Å². The van der Waals surface area contributed by atoms with E-state index < -0.39 is 26.5 Å². The smallest absolute Gasteiger partial charge is 0.462 e. The number of nitrogens with zero attached hydrogens (tertiary/aromatic N) is 1. The van der Waals surface area contributed by atoms with Gasteiger partial charge in [-0.25, -0.2) is 4.57 Å². The SMILES string of the molecule is CC/C=C\C/C=C\C/C=C\C/C=C\C/C=C\CCCCCCCCCCCC(=O)OC(COC(=O)CCCCCCCCCCCCCCCCCCCCCCCCCCCC)COP(=O)(O)OCC[N+](C)(C)C. The Hall–Kier alpha value is -2.29. The Morgan fingerprint density at radius 1 is 0.427 bits per heavy atom. The standard InChI is InChI=1S/C65H120NO8P/c1-6-8-10-12-14-16-18-20-22-24-26-28-30-32-34-35-37-39-41-43-45-47-49-51-53-55-57-64(67)71-61-63(62-73-75(69,70)72-60-59-66(3,4)5)74-65(68)58-56-54-52-50-48-46-44-42-40-38-36-33-31-29-27-25-23-21-19-17-15-13-11-9-7-2/h9,11,15,17,21,23,27,29,33,36,63H,6-8,10,12-14,16,18-20,22,24-26,28,30-32,34-35,37-62H2,1-5H3/p+1/b11-9-,17-15-,23-21-,29-27-,36-33-. The average molecular weight is 1080 g/mol. The molecule has 9 nitrogen and oxygen atoms in total. The van der Waals surface area contributed by atoms with Crippen molar-refractivity contribution in [1.82, 2.24) is 0 Å². The number of hydrogen-bond donors (Lipinski definition) is 1. The fraction of sp³-hybridized carbons (Fsp3) is 0.815. The molecule has 0 saturated heterocycles. The van der Waals surface area contributed by atoms with Crippen molar-refractivity contribution in [1.29, 1.82) is 0 Å². The third kappa shape index (κ3) is 60.8. The second-order valence-electron chi connectivity index (χ2n) is 22.4. The van der Waals surface area contributed by atoms with Crippen molar-refractivity contribution in [2.24, 2.45) is 0 Å². The van der Waals surface area contributed by atoms with Crippen LogP contribution in [0, 0.1) is 0 Å². The van der Waals surface area contributed by atoms with E-state index in [1.165, 1.54) is 180 Å². The normalized spacial score (nSPS) is 13.6. The van der Waals surface area contributed by atoms with Gasteiger partial charge in [-0.05, 0) is 57.8 Å². The Kier molecular flexibility index (Phi) is 54.7. The topological polar surface area (TPSA) is 108 Å². The van der Waals surface area contributed by atoms with E-state index in [-0.39, 0.29) is 25.6 Å². The average Bonchev–Trinajstić information content (AvgIpc) is 3.37. The summed E-state index contributed by atoms with van der Waals surface area (Å²) in [4.78, 5) is 35.8. The van der Waals surface area contributed by atoms with Crippen LogP contribution in [0.2, 0.25) is 0 Å². The summed E-state index contributed by atoms with van der Waals surface area (Å²) in [5.74, 6) is -0.793. The van der Waals surface area contributed by atoms with Crippen molar-refractivity contribution in [3.8, 4) is 0 Å². The first-order valence-electron chi connectivity index (χ1n) is 31.5. The Bertz CT molecular complexity index is 1450. The van der Waals surface area contributed by atoms with Gasteiger partial charge >= 0.3 is 19.8 Å². The zero-order valence-corrected chi connectivity index (χ0v) is 50.7. The zero-order chi connectivity index (χ0) is 54.9. The van der Waals surface area contributed by atoms with Crippen molar-refractivity contribution in [2.75, 3.05) is 47.5 Å². The highest BCUT2D eigenvalue weighted by atomic mass is 31.2. The monoisotopic (exact) mass is 1070 g/mol. The van der Waals surface area contributed by atoms with Crippen LogP contribution in [0.5, 0.6) is 0 Å². The lowest BCUT2D eigenvalue weighted by Gasteiger charge is -2.24. The molecule has 0 aliphatic heterocycles. The van der Waals surface area contributed by atoms with Crippen LogP contribution in [0.25, 0.3) is 0 Å². The third-order valence-corrected chi connectivity index (χ3v) is 14.8. The lowest BCUT2D eigenvalue weighted by molar-refractivity contribution is -0.870. The number of quaternary nitrogens is 1. The number of esters is 2. The van der Waals surface area contributed by atoms with Crippen LogP contribution in [-0.4, -0.2) is 74.9 Å². The van der Waals surface area contributed by atoms with Crippen LogP contribution >= 0.6 is 7.82 Å². The largest absolute Gasteiger partial charge is 0.472 e. The summed E-state index contributed by atoms with van der Waals surface area (Å²) in [6.07, 6.45) is 73.0. The first-order chi connectivity index (χ1) is 36.5. The maximum Gasteiger partial charge on any atom is 0.472 e. The van der Waals surface area contributed by atoms with Crippen LogP contribution in [0.1, 0.15) is 290 Å². The number of ether oxygens (including phenoxy) is 2. The summed E-state index contributed by atoms with van der Waals surface area (Å²) in [6, 6.07) is 0. The van der Waals surface area contributed by atoms with Crippen LogP contribution in [0.15, 0.2) is 60.8 Å². The van der Waals surface area contributed by atoms with Crippen molar-refractivity contribution < 1.29 is 42.1 Å². The molecular weight excluding hydrogens is 954 g/mol. The first-order valence-corrected chi connectivity index (χ1v) is 33.0. The second kappa shape index (κ2) is 56.4. The molecule has 10 heteroatoms. The fourth-order valence-electron chi connectivity index (χ4n) is 8.99. The minimum absolute atomic E-state index is 0.0299. The maximum atomic E-state index is 12.8. The van der Waals surface area contributed by atoms with E-state index in [0.717, 1.165) is 77.0 Å². The molecule has 0 amide bonds. The molecule has 0 spiro atoms. The minimum Gasteiger partial charge on any atom is -0.462 e. The number of phosphoric acid groups is 1. The van der Waals surface area contributed by atoms with E-state index in [4.69, 9.17) is 18.5 Å². The lowest BCUT2D eigenvalue weighted by Crippen LogP contribution is -2.37. The van der Waals surface area contributed by atoms with Gasteiger partial charge in [0, 0.05) is 12.8 Å². The molecule has 0 saturated carbocycles. The van der Waals surface area contributed by atoms with Crippen LogP contribution < -0.4 is 0 Å². The molecule has 0 aliphatic rings. The number of carbonyl (C=O) groups is 2. The summed E-state index contributed by atoms with van der Waals surface area (Å²) in [5.41, 5.74) is 0. The molecule has 0 aromatic carbocycles. The van der Waals surface area contributed by atoms with Crippen LogP contribution in [-0.2, 0) is 32.7 Å².